The van der Waals surface area contributed by atoms with Crippen molar-refractivity contribution in [3.05, 3.63) is 35.4 Å². The van der Waals surface area contributed by atoms with Crippen LogP contribution in [0.1, 0.15) is 37.5 Å². The molecule has 2 atom stereocenters. The van der Waals surface area contributed by atoms with Crippen LogP contribution in [0.2, 0.25) is 0 Å². The van der Waals surface area contributed by atoms with E-state index in [2.05, 4.69) is 43.4 Å². The van der Waals surface area contributed by atoms with E-state index in [0.29, 0.717) is 12.0 Å². The van der Waals surface area contributed by atoms with Crippen molar-refractivity contribution in [1.29, 1.82) is 0 Å². The van der Waals surface area contributed by atoms with E-state index >= 15 is 0 Å². The van der Waals surface area contributed by atoms with Crippen LogP contribution in [0, 0.1) is 5.92 Å². The normalized spacial score (nSPS) is 20.3. The lowest BCUT2D eigenvalue weighted by Crippen LogP contribution is -2.38. The zero-order valence-corrected chi connectivity index (χ0v) is 11.9. The summed E-state index contributed by atoms with van der Waals surface area (Å²) >= 11 is 0. The molecule has 0 saturated heterocycles. The second kappa shape index (κ2) is 7.04. The molecule has 1 aromatic rings. The number of hydrogen-bond donors (Lipinski definition) is 2. The summed E-state index contributed by atoms with van der Waals surface area (Å²) in [6.45, 7) is 6.22. The smallest absolute Gasteiger partial charge is 0.0952 e. The molecule has 2 rings (SSSR count). The number of ether oxygens (including phenoxy) is 1. The molecule has 19 heavy (non-hydrogen) atoms. The topological polar surface area (TPSA) is 41.5 Å². The van der Waals surface area contributed by atoms with Gasteiger partial charge in [-0.2, -0.15) is 0 Å². The summed E-state index contributed by atoms with van der Waals surface area (Å²) in [5.74, 6) is 0.519. The van der Waals surface area contributed by atoms with E-state index in [0.717, 1.165) is 26.0 Å². The Labute approximate surface area is 116 Å². The van der Waals surface area contributed by atoms with Crippen molar-refractivity contribution < 1.29 is 9.84 Å². The Bertz CT molecular complexity index is 392. The summed E-state index contributed by atoms with van der Waals surface area (Å²) in [4.78, 5) is 0. The average molecular weight is 263 g/mol. The number of benzene rings is 1. The van der Waals surface area contributed by atoms with Crippen LogP contribution in [0.25, 0.3) is 0 Å². The van der Waals surface area contributed by atoms with Gasteiger partial charge in [0, 0.05) is 19.2 Å². The highest BCUT2D eigenvalue weighted by Gasteiger charge is 2.22. The maximum absolute atomic E-state index is 9.11. The molecule has 2 unspecified atom stereocenters. The fourth-order valence-electron chi connectivity index (χ4n) is 2.71. The van der Waals surface area contributed by atoms with Gasteiger partial charge in [-0.15, -0.1) is 0 Å². The van der Waals surface area contributed by atoms with E-state index in [1.807, 2.05) is 0 Å². The fraction of sp³-hybridized carbons (Fsp3) is 0.625. The third-order valence-corrected chi connectivity index (χ3v) is 3.90. The Balaban J connectivity index is 1.97. The summed E-state index contributed by atoms with van der Waals surface area (Å²) in [5.41, 5.74) is 2.72. The molecule has 3 nitrogen and oxygen atoms in total. The summed E-state index contributed by atoms with van der Waals surface area (Å²) in [7, 11) is 0. The highest BCUT2D eigenvalue weighted by Crippen LogP contribution is 2.26. The van der Waals surface area contributed by atoms with E-state index in [-0.39, 0.29) is 12.7 Å². The molecule has 0 radical (unpaired) electrons. The van der Waals surface area contributed by atoms with Crippen LogP contribution in [0.3, 0.4) is 0 Å². The molecule has 1 aliphatic heterocycles. The molecule has 0 amide bonds. The minimum Gasteiger partial charge on any atom is -0.396 e. The van der Waals surface area contributed by atoms with Crippen LogP contribution < -0.4 is 5.32 Å². The van der Waals surface area contributed by atoms with Gasteiger partial charge in [0.15, 0.2) is 0 Å². The third kappa shape index (κ3) is 3.78. The summed E-state index contributed by atoms with van der Waals surface area (Å²) in [6.07, 6.45) is 1.95. The zero-order valence-electron chi connectivity index (χ0n) is 11.9. The average Bonchev–Trinajstić information content (AvgIpc) is 2.43. The molecule has 2 N–H and O–H groups in total. The van der Waals surface area contributed by atoms with Crippen LogP contribution in [0.4, 0.5) is 0 Å². The highest BCUT2D eigenvalue weighted by atomic mass is 16.5. The van der Waals surface area contributed by atoms with Crippen LogP contribution in [-0.2, 0) is 11.2 Å². The Morgan fingerprint density at radius 3 is 2.89 bits per heavy atom. The molecular weight excluding hydrogens is 238 g/mol. The number of hydrogen-bond acceptors (Lipinski definition) is 3. The van der Waals surface area contributed by atoms with Crippen LogP contribution in [0.15, 0.2) is 24.3 Å². The van der Waals surface area contributed by atoms with E-state index in [1.54, 1.807) is 0 Å². The zero-order chi connectivity index (χ0) is 13.7. The first-order valence-corrected chi connectivity index (χ1v) is 7.26. The Morgan fingerprint density at radius 1 is 1.37 bits per heavy atom. The van der Waals surface area contributed by atoms with Crippen molar-refractivity contribution in [2.24, 2.45) is 5.92 Å². The van der Waals surface area contributed by atoms with Gasteiger partial charge >= 0.3 is 0 Å². The summed E-state index contributed by atoms with van der Waals surface area (Å²) in [6, 6.07) is 8.88. The molecule has 1 aliphatic rings. The molecule has 0 aliphatic carbocycles. The fourth-order valence-corrected chi connectivity index (χ4v) is 2.71. The van der Waals surface area contributed by atoms with Gasteiger partial charge in [-0.1, -0.05) is 38.1 Å². The van der Waals surface area contributed by atoms with Crippen molar-refractivity contribution in [2.75, 3.05) is 19.8 Å². The minimum absolute atomic E-state index is 0.143. The molecule has 0 aromatic heterocycles. The maximum atomic E-state index is 9.11. The first-order valence-electron chi connectivity index (χ1n) is 7.26. The van der Waals surface area contributed by atoms with Crippen molar-refractivity contribution in [3.8, 4) is 0 Å². The van der Waals surface area contributed by atoms with E-state index in [4.69, 9.17) is 9.84 Å². The third-order valence-electron chi connectivity index (χ3n) is 3.90. The van der Waals surface area contributed by atoms with Crippen molar-refractivity contribution in [3.63, 3.8) is 0 Å². The highest BCUT2D eigenvalue weighted by molar-refractivity contribution is 5.31. The van der Waals surface area contributed by atoms with Crippen molar-refractivity contribution in [1.82, 2.24) is 5.32 Å². The number of fused-ring (bicyclic) bond motifs is 1. The lowest BCUT2D eigenvalue weighted by molar-refractivity contribution is 0.0387. The van der Waals surface area contributed by atoms with Gasteiger partial charge in [0.2, 0.25) is 0 Å². The summed E-state index contributed by atoms with van der Waals surface area (Å²) in [5, 5.41) is 12.7. The first kappa shape index (κ1) is 14.5. The number of aliphatic hydroxyl groups excluding tert-OH is 1. The van der Waals surface area contributed by atoms with Gasteiger partial charge in [-0.05, 0) is 29.9 Å². The second-order valence-corrected chi connectivity index (χ2v) is 5.58. The second-order valence-electron chi connectivity index (χ2n) is 5.58. The molecule has 1 aromatic carbocycles. The Kier molecular flexibility index (Phi) is 5.37. The Morgan fingerprint density at radius 2 is 2.16 bits per heavy atom. The molecule has 106 valence electrons. The molecule has 3 heteroatoms. The lowest BCUT2D eigenvalue weighted by Gasteiger charge is -2.29. The van der Waals surface area contributed by atoms with Crippen LogP contribution >= 0.6 is 0 Å². The first-order chi connectivity index (χ1) is 9.22. The quantitative estimate of drug-likeness (QED) is 0.827. The predicted octanol–water partition coefficient (Wildman–Crippen LogP) is 2.30. The largest absolute Gasteiger partial charge is 0.396 e. The van der Waals surface area contributed by atoms with Crippen LogP contribution in [-0.4, -0.2) is 30.9 Å². The maximum Gasteiger partial charge on any atom is 0.0952 e. The standard InChI is InChI=1S/C16H25NO2/c1-12(2)15(7-9-18)17-11-16-14-6-4-3-5-13(14)8-10-19-16/h3-6,12,15-18H,7-11H2,1-2H3. The molecule has 0 fully saturated rings. The number of nitrogens with one attached hydrogen (secondary N) is 1. The summed E-state index contributed by atoms with van der Waals surface area (Å²) < 4.78 is 5.89. The number of rotatable bonds is 6. The van der Waals surface area contributed by atoms with E-state index in [9.17, 15) is 0 Å². The van der Waals surface area contributed by atoms with Gasteiger partial charge in [-0.25, -0.2) is 0 Å². The van der Waals surface area contributed by atoms with Gasteiger partial charge < -0.3 is 15.2 Å². The Hall–Kier alpha value is -0.900. The predicted molar refractivity (Wildman–Crippen MR) is 77.2 cm³/mol. The monoisotopic (exact) mass is 263 g/mol. The molecular formula is C16H25NO2. The molecule has 0 bridgehead atoms. The van der Waals surface area contributed by atoms with Gasteiger partial charge in [0.1, 0.15) is 0 Å². The van der Waals surface area contributed by atoms with Crippen molar-refractivity contribution >= 4 is 0 Å². The molecule has 0 spiro atoms. The number of aliphatic hydroxyl groups is 1. The van der Waals surface area contributed by atoms with Gasteiger partial charge in [0.05, 0.1) is 12.7 Å². The molecule has 1 heterocycles. The van der Waals surface area contributed by atoms with Gasteiger partial charge in [0.25, 0.3) is 0 Å². The SMILES string of the molecule is CC(C)C(CCO)NCC1OCCc2ccccc21. The van der Waals surface area contributed by atoms with Crippen molar-refractivity contribution in [2.45, 2.75) is 38.8 Å². The van der Waals surface area contributed by atoms with Crippen LogP contribution in [0.5, 0.6) is 0 Å². The van der Waals surface area contributed by atoms with E-state index in [1.165, 1.54) is 11.1 Å². The van der Waals surface area contributed by atoms with Gasteiger partial charge in [-0.3, -0.25) is 0 Å². The van der Waals surface area contributed by atoms with E-state index < -0.39 is 0 Å². The lowest BCUT2D eigenvalue weighted by atomic mass is 9.96. The minimum atomic E-state index is 0.143. The molecule has 0 saturated carbocycles.